The summed E-state index contributed by atoms with van der Waals surface area (Å²) < 4.78 is 48.9. The fraction of sp³-hybridized carbons (Fsp3) is 0.400. The fourth-order valence-corrected chi connectivity index (χ4v) is 4.56. The van der Waals surface area contributed by atoms with Crippen molar-refractivity contribution in [3.63, 3.8) is 0 Å². The Balaban J connectivity index is 1.49. The number of amides is 3. The number of methoxy groups -OCH3 is 2. The molecule has 0 aliphatic carbocycles. The van der Waals surface area contributed by atoms with Gasteiger partial charge in [0.1, 0.15) is 12.3 Å². The zero-order valence-corrected chi connectivity index (χ0v) is 23.8. The molecule has 10 nitrogen and oxygen atoms in total. The Kier molecular flexibility index (Phi) is 11.1. The minimum atomic E-state index is -1.08. The van der Waals surface area contributed by atoms with Crippen molar-refractivity contribution in [3.05, 3.63) is 77.8 Å². The minimum absolute atomic E-state index is 0.0867. The van der Waals surface area contributed by atoms with E-state index in [2.05, 4.69) is 10.2 Å². The summed E-state index contributed by atoms with van der Waals surface area (Å²) in [4.78, 5) is 32.2. The molecule has 1 N–H and O–H groups in total. The van der Waals surface area contributed by atoms with E-state index in [1.807, 2.05) is 18.2 Å². The van der Waals surface area contributed by atoms with Crippen LogP contribution in [0.4, 0.5) is 19.3 Å². The maximum absolute atomic E-state index is 13.8. The molecule has 0 saturated carbocycles. The van der Waals surface area contributed by atoms with Crippen molar-refractivity contribution in [1.29, 1.82) is 0 Å². The Morgan fingerprint density at radius 3 is 2.43 bits per heavy atom. The summed E-state index contributed by atoms with van der Waals surface area (Å²) >= 11 is 0. The number of ether oxygens (including phenoxy) is 3. The Hall–Kier alpha value is -4.16. The molecule has 0 spiro atoms. The average molecular weight is 587 g/mol. The molecule has 1 saturated heterocycles. The number of nitrogens with one attached hydrogen (secondary N) is 1. The summed E-state index contributed by atoms with van der Waals surface area (Å²) in [5.41, 5.74) is 1.02. The first-order chi connectivity index (χ1) is 20.4. The molecule has 0 unspecified atom stereocenters. The lowest BCUT2D eigenvalue weighted by atomic mass is 10.1. The van der Waals surface area contributed by atoms with Crippen LogP contribution < -0.4 is 14.8 Å². The van der Waals surface area contributed by atoms with Crippen LogP contribution in [0.5, 0.6) is 11.5 Å². The molecule has 0 bridgehead atoms. The number of urea groups is 1. The van der Waals surface area contributed by atoms with Crippen LogP contribution in [0, 0.1) is 11.6 Å². The molecule has 2 aromatic carbocycles. The summed E-state index contributed by atoms with van der Waals surface area (Å²) in [7, 11) is 3.13. The highest BCUT2D eigenvalue weighted by Gasteiger charge is 2.24. The largest absolute Gasteiger partial charge is 0.493 e. The van der Waals surface area contributed by atoms with Crippen molar-refractivity contribution >= 4 is 17.6 Å². The highest BCUT2D eigenvalue weighted by Crippen LogP contribution is 2.28. The first-order valence-corrected chi connectivity index (χ1v) is 13.7. The smallest absolute Gasteiger partial charge is 0.322 e. The number of anilines is 1. The van der Waals surface area contributed by atoms with Crippen LogP contribution in [0.25, 0.3) is 0 Å². The first-order valence-electron chi connectivity index (χ1n) is 13.7. The fourth-order valence-electron chi connectivity index (χ4n) is 4.56. The highest BCUT2D eigenvalue weighted by atomic mass is 19.2. The summed E-state index contributed by atoms with van der Waals surface area (Å²) in [5, 5.41) is 2.59. The van der Waals surface area contributed by atoms with E-state index < -0.39 is 17.7 Å². The topological polar surface area (TPSA) is 96.7 Å². The van der Waals surface area contributed by atoms with Gasteiger partial charge in [-0.3, -0.25) is 9.69 Å². The maximum atomic E-state index is 13.8. The Labute approximate surface area is 243 Å². The molecule has 1 aliphatic rings. The quantitative estimate of drug-likeness (QED) is 0.323. The first kappa shape index (κ1) is 30.8. The van der Waals surface area contributed by atoms with Crippen LogP contribution in [0.3, 0.4) is 0 Å². The van der Waals surface area contributed by atoms with Gasteiger partial charge in [0.2, 0.25) is 5.91 Å². The van der Waals surface area contributed by atoms with Crippen LogP contribution in [-0.4, -0.2) is 93.3 Å². The number of carbonyl (C=O) groups excluding carboxylic acids is 2. The summed E-state index contributed by atoms with van der Waals surface area (Å²) in [6.45, 7) is 3.69. The number of carbonyl (C=O) groups is 2. The number of benzene rings is 2. The van der Waals surface area contributed by atoms with Gasteiger partial charge in [0, 0.05) is 44.5 Å². The van der Waals surface area contributed by atoms with Gasteiger partial charge in [0.15, 0.2) is 23.1 Å². The van der Waals surface area contributed by atoms with Crippen LogP contribution in [0.1, 0.15) is 11.3 Å². The lowest BCUT2D eigenvalue weighted by Gasteiger charge is -2.31. The molecule has 3 amide bonds. The zero-order chi connectivity index (χ0) is 29.9. The van der Waals surface area contributed by atoms with E-state index in [-0.39, 0.29) is 31.2 Å². The van der Waals surface area contributed by atoms with Gasteiger partial charge in [-0.2, -0.15) is 0 Å². The van der Waals surface area contributed by atoms with Gasteiger partial charge in [-0.25, -0.2) is 13.6 Å². The predicted molar refractivity (Wildman–Crippen MR) is 152 cm³/mol. The Morgan fingerprint density at radius 1 is 0.952 bits per heavy atom. The third-order valence-corrected chi connectivity index (χ3v) is 6.97. The maximum Gasteiger partial charge on any atom is 0.322 e. The molecule has 2 heterocycles. The van der Waals surface area contributed by atoms with E-state index >= 15 is 0 Å². The molecule has 4 rings (SSSR count). The van der Waals surface area contributed by atoms with Gasteiger partial charge >= 0.3 is 6.03 Å². The molecular formula is C30H36F2N4O6. The lowest BCUT2D eigenvalue weighted by molar-refractivity contribution is -0.132. The summed E-state index contributed by atoms with van der Waals surface area (Å²) in [6.07, 6.45) is 2.05. The molecule has 226 valence electrons. The number of rotatable bonds is 13. The molecule has 0 atom stereocenters. The lowest BCUT2D eigenvalue weighted by Crippen LogP contribution is -2.48. The highest BCUT2D eigenvalue weighted by molar-refractivity contribution is 5.92. The van der Waals surface area contributed by atoms with Crippen LogP contribution in [-0.2, 0) is 22.5 Å². The normalized spacial score (nSPS) is 13.4. The Morgan fingerprint density at radius 2 is 1.74 bits per heavy atom. The molecule has 1 aromatic heterocycles. The number of halogens is 2. The number of furan rings is 1. The molecule has 12 heteroatoms. The van der Waals surface area contributed by atoms with Gasteiger partial charge in [-0.1, -0.05) is 6.07 Å². The van der Waals surface area contributed by atoms with Crippen molar-refractivity contribution < 1.29 is 37.0 Å². The number of hydrogen-bond donors (Lipinski definition) is 1. The second kappa shape index (κ2) is 15.2. The predicted octanol–water partition coefficient (Wildman–Crippen LogP) is 4.01. The van der Waals surface area contributed by atoms with Crippen molar-refractivity contribution in [2.24, 2.45) is 0 Å². The van der Waals surface area contributed by atoms with Crippen molar-refractivity contribution in [3.8, 4) is 11.5 Å². The van der Waals surface area contributed by atoms with Gasteiger partial charge < -0.3 is 33.7 Å². The van der Waals surface area contributed by atoms with Gasteiger partial charge in [-0.05, 0) is 48.4 Å². The van der Waals surface area contributed by atoms with Crippen molar-refractivity contribution in [2.75, 3.05) is 72.0 Å². The summed E-state index contributed by atoms with van der Waals surface area (Å²) in [6, 6.07) is 11.6. The van der Waals surface area contributed by atoms with E-state index in [4.69, 9.17) is 18.6 Å². The zero-order valence-electron chi connectivity index (χ0n) is 23.8. The molecule has 42 heavy (non-hydrogen) atoms. The number of morpholine rings is 1. The van der Waals surface area contributed by atoms with Crippen LogP contribution in [0.2, 0.25) is 0 Å². The van der Waals surface area contributed by atoms with Crippen molar-refractivity contribution in [1.82, 2.24) is 14.7 Å². The number of nitrogens with zero attached hydrogens (tertiary/aromatic N) is 3. The van der Waals surface area contributed by atoms with Gasteiger partial charge in [-0.15, -0.1) is 0 Å². The molecule has 1 fully saturated rings. The standard InChI is InChI=1S/C30H36F2N4O6/c1-39-27-8-5-22(18-28(27)40-2)9-10-35(20-24-4-3-15-42-24)29(37)21-36(12-11-34-13-16-41-17-14-34)30(38)33-23-6-7-25(31)26(32)19-23/h3-8,15,18-19H,9-14,16-17,20-21H2,1-2H3,(H,33,38). The second-order valence-corrected chi connectivity index (χ2v) is 9.77. The van der Waals surface area contributed by atoms with E-state index in [9.17, 15) is 18.4 Å². The van der Waals surface area contributed by atoms with E-state index in [1.165, 1.54) is 17.2 Å². The van der Waals surface area contributed by atoms with E-state index in [0.29, 0.717) is 63.1 Å². The monoisotopic (exact) mass is 586 g/mol. The molecule has 1 aliphatic heterocycles. The third kappa shape index (κ3) is 8.67. The summed E-state index contributed by atoms with van der Waals surface area (Å²) in [5.74, 6) is -0.607. The van der Waals surface area contributed by atoms with Gasteiger partial charge in [0.25, 0.3) is 0 Å². The SMILES string of the molecule is COc1ccc(CCN(Cc2ccco2)C(=O)CN(CCN2CCOCC2)C(=O)Nc2ccc(F)c(F)c2)cc1OC. The molecule has 3 aromatic rings. The van der Waals surface area contributed by atoms with Crippen molar-refractivity contribution in [2.45, 2.75) is 13.0 Å². The van der Waals surface area contributed by atoms with E-state index in [0.717, 1.165) is 17.7 Å². The molecule has 0 radical (unpaired) electrons. The number of hydrogen-bond acceptors (Lipinski definition) is 7. The Bertz CT molecular complexity index is 1320. The van der Waals surface area contributed by atoms with Crippen LogP contribution in [0.15, 0.2) is 59.2 Å². The average Bonchev–Trinajstić information content (AvgIpc) is 3.52. The van der Waals surface area contributed by atoms with Gasteiger partial charge in [0.05, 0.1) is 40.2 Å². The third-order valence-electron chi connectivity index (χ3n) is 6.97. The molecular weight excluding hydrogens is 550 g/mol. The second-order valence-electron chi connectivity index (χ2n) is 9.77. The van der Waals surface area contributed by atoms with E-state index in [1.54, 1.807) is 31.3 Å². The minimum Gasteiger partial charge on any atom is -0.493 e. The van der Waals surface area contributed by atoms with Crippen LogP contribution >= 0.6 is 0 Å².